The minimum atomic E-state index is -0.750. The minimum Gasteiger partial charge on any atom is -0.386 e. The lowest BCUT2D eigenvalue weighted by molar-refractivity contribution is 0.167. The fourth-order valence-corrected chi connectivity index (χ4v) is 2.31. The molecule has 1 aromatic carbocycles. The van der Waals surface area contributed by atoms with Crippen LogP contribution in [0.1, 0.15) is 30.0 Å². The van der Waals surface area contributed by atoms with Gasteiger partial charge in [-0.2, -0.15) is 5.10 Å². The van der Waals surface area contributed by atoms with Gasteiger partial charge < -0.3 is 5.11 Å². The number of aliphatic hydroxyl groups is 1. The van der Waals surface area contributed by atoms with Crippen LogP contribution in [-0.4, -0.2) is 14.9 Å². The molecule has 0 aliphatic carbocycles. The highest BCUT2D eigenvalue weighted by atomic mass is 35.5. The maximum Gasteiger partial charge on any atom is 0.142 e. The fraction of sp³-hybridized carbons (Fsp3) is 0.357. The highest BCUT2D eigenvalue weighted by Crippen LogP contribution is 2.26. The molecule has 0 spiro atoms. The molecule has 1 unspecified atom stereocenters. The predicted octanol–water partition coefficient (Wildman–Crippen LogP) is 3.28. The Bertz CT molecular complexity index is 583. The van der Waals surface area contributed by atoms with E-state index in [0.717, 1.165) is 11.4 Å². The summed E-state index contributed by atoms with van der Waals surface area (Å²) < 4.78 is 15.1. The zero-order chi connectivity index (χ0) is 14.0. The number of aromatic nitrogens is 2. The molecule has 2 aromatic rings. The molecule has 0 aliphatic heterocycles. The van der Waals surface area contributed by atoms with Gasteiger partial charge in [0.2, 0.25) is 0 Å². The molecule has 1 aromatic heterocycles. The summed E-state index contributed by atoms with van der Waals surface area (Å²) in [6.07, 6.45) is -0.484. The van der Waals surface area contributed by atoms with Crippen LogP contribution in [0.5, 0.6) is 0 Å². The lowest BCUT2D eigenvalue weighted by Gasteiger charge is -2.13. The maximum atomic E-state index is 13.4. The predicted molar refractivity (Wildman–Crippen MR) is 72.7 cm³/mol. The van der Waals surface area contributed by atoms with Crippen LogP contribution < -0.4 is 0 Å². The summed E-state index contributed by atoms with van der Waals surface area (Å²) in [5.41, 5.74) is 2.16. The number of aryl methyl sites for hydroxylation is 2. The van der Waals surface area contributed by atoms with Crippen LogP contribution in [-0.2, 0) is 13.0 Å². The van der Waals surface area contributed by atoms with Crippen molar-refractivity contribution in [2.75, 3.05) is 0 Å². The summed E-state index contributed by atoms with van der Waals surface area (Å²) in [7, 11) is 0. The zero-order valence-electron chi connectivity index (χ0n) is 10.9. The standard InChI is InChI=1S/C14H16ClFN2O/c1-3-18-12(7-9(2)17-18)13(19)8-10-5-4-6-11(16)14(10)15/h4-7,13,19H,3,8H2,1-2H3. The highest BCUT2D eigenvalue weighted by Gasteiger charge is 2.17. The van der Waals surface area contributed by atoms with E-state index in [9.17, 15) is 9.50 Å². The summed E-state index contributed by atoms with van der Waals surface area (Å²) in [4.78, 5) is 0. The van der Waals surface area contributed by atoms with Crippen LogP contribution in [0.2, 0.25) is 5.02 Å². The number of hydrogen-bond donors (Lipinski definition) is 1. The quantitative estimate of drug-likeness (QED) is 0.934. The third-order valence-electron chi connectivity index (χ3n) is 3.02. The molecule has 0 saturated heterocycles. The Balaban J connectivity index is 2.25. The van der Waals surface area contributed by atoms with E-state index in [1.807, 2.05) is 19.9 Å². The number of hydrogen-bond acceptors (Lipinski definition) is 2. The van der Waals surface area contributed by atoms with E-state index in [4.69, 9.17) is 11.6 Å². The summed E-state index contributed by atoms with van der Waals surface area (Å²) in [6, 6.07) is 6.44. The highest BCUT2D eigenvalue weighted by molar-refractivity contribution is 6.31. The Morgan fingerprint density at radius 3 is 2.89 bits per heavy atom. The number of rotatable bonds is 4. The van der Waals surface area contributed by atoms with Crippen LogP contribution in [0.15, 0.2) is 24.3 Å². The van der Waals surface area contributed by atoms with Gasteiger partial charge in [0, 0.05) is 13.0 Å². The molecule has 1 N–H and O–H groups in total. The molecular weight excluding hydrogens is 267 g/mol. The van der Waals surface area contributed by atoms with Crippen molar-refractivity contribution in [3.8, 4) is 0 Å². The average Bonchev–Trinajstić information content (AvgIpc) is 2.76. The molecule has 0 saturated carbocycles. The first kappa shape index (κ1) is 14.0. The number of nitrogens with zero attached hydrogens (tertiary/aromatic N) is 2. The van der Waals surface area contributed by atoms with Crippen LogP contribution >= 0.6 is 11.6 Å². The van der Waals surface area contributed by atoms with Gasteiger partial charge in [-0.3, -0.25) is 4.68 Å². The van der Waals surface area contributed by atoms with Crippen molar-refractivity contribution < 1.29 is 9.50 Å². The first-order chi connectivity index (χ1) is 9.02. The number of halogens is 2. The molecule has 102 valence electrons. The van der Waals surface area contributed by atoms with Crippen molar-refractivity contribution in [1.82, 2.24) is 9.78 Å². The normalized spacial score (nSPS) is 12.7. The van der Waals surface area contributed by atoms with E-state index in [2.05, 4.69) is 5.10 Å². The van der Waals surface area contributed by atoms with Gasteiger partial charge in [-0.05, 0) is 31.5 Å². The molecular formula is C14H16ClFN2O. The summed E-state index contributed by atoms with van der Waals surface area (Å²) in [5, 5.41) is 14.6. The molecule has 1 heterocycles. The number of aliphatic hydroxyl groups excluding tert-OH is 1. The van der Waals surface area contributed by atoms with E-state index in [0.29, 0.717) is 12.1 Å². The van der Waals surface area contributed by atoms with Crippen LogP contribution in [0.3, 0.4) is 0 Å². The average molecular weight is 283 g/mol. The molecule has 0 bridgehead atoms. The Labute approximate surface area is 116 Å². The van der Waals surface area contributed by atoms with Crippen molar-refractivity contribution in [3.63, 3.8) is 0 Å². The lowest BCUT2D eigenvalue weighted by atomic mass is 10.1. The van der Waals surface area contributed by atoms with Crippen molar-refractivity contribution in [3.05, 3.63) is 52.1 Å². The molecule has 19 heavy (non-hydrogen) atoms. The largest absolute Gasteiger partial charge is 0.386 e. The van der Waals surface area contributed by atoms with Gasteiger partial charge >= 0.3 is 0 Å². The van der Waals surface area contributed by atoms with Gasteiger partial charge in [0.1, 0.15) is 5.82 Å². The summed E-state index contributed by atoms with van der Waals surface area (Å²) >= 11 is 5.90. The minimum absolute atomic E-state index is 0.0702. The molecule has 1 atom stereocenters. The zero-order valence-corrected chi connectivity index (χ0v) is 11.7. The second kappa shape index (κ2) is 5.72. The van der Waals surface area contributed by atoms with E-state index in [1.165, 1.54) is 6.07 Å². The summed E-state index contributed by atoms with van der Waals surface area (Å²) in [6.45, 7) is 4.51. The molecule has 0 radical (unpaired) electrons. The molecule has 0 fully saturated rings. The van der Waals surface area contributed by atoms with Crippen molar-refractivity contribution in [1.29, 1.82) is 0 Å². The van der Waals surface area contributed by atoms with Gasteiger partial charge in [-0.15, -0.1) is 0 Å². The van der Waals surface area contributed by atoms with Gasteiger partial charge in [0.15, 0.2) is 0 Å². The van der Waals surface area contributed by atoms with Gasteiger partial charge in [-0.25, -0.2) is 4.39 Å². The molecule has 3 nitrogen and oxygen atoms in total. The smallest absolute Gasteiger partial charge is 0.142 e. The SMILES string of the molecule is CCn1nc(C)cc1C(O)Cc1cccc(F)c1Cl. The second-order valence-electron chi connectivity index (χ2n) is 4.46. The maximum absolute atomic E-state index is 13.4. The Morgan fingerprint density at radius 1 is 1.47 bits per heavy atom. The van der Waals surface area contributed by atoms with Crippen molar-refractivity contribution in [2.45, 2.75) is 32.9 Å². The van der Waals surface area contributed by atoms with Crippen molar-refractivity contribution >= 4 is 11.6 Å². The van der Waals surface area contributed by atoms with E-state index in [1.54, 1.807) is 16.8 Å². The van der Waals surface area contributed by atoms with Crippen LogP contribution in [0.25, 0.3) is 0 Å². The number of benzene rings is 1. The van der Waals surface area contributed by atoms with Gasteiger partial charge in [0.05, 0.1) is 22.5 Å². The first-order valence-electron chi connectivity index (χ1n) is 6.18. The summed E-state index contributed by atoms with van der Waals surface area (Å²) in [5.74, 6) is -0.466. The lowest BCUT2D eigenvalue weighted by Crippen LogP contribution is -2.10. The third kappa shape index (κ3) is 2.96. The topological polar surface area (TPSA) is 38.0 Å². The monoisotopic (exact) mass is 282 g/mol. The van der Waals surface area contributed by atoms with E-state index < -0.39 is 11.9 Å². The second-order valence-corrected chi connectivity index (χ2v) is 4.84. The van der Waals surface area contributed by atoms with Gasteiger partial charge in [-0.1, -0.05) is 23.7 Å². The van der Waals surface area contributed by atoms with Crippen molar-refractivity contribution in [2.24, 2.45) is 0 Å². The first-order valence-corrected chi connectivity index (χ1v) is 6.56. The fourth-order valence-electron chi connectivity index (χ4n) is 2.11. The molecule has 2 rings (SSSR count). The van der Waals surface area contributed by atoms with Crippen LogP contribution in [0, 0.1) is 12.7 Å². The Morgan fingerprint density at radius 2 is 2.21 bits per heavy atom. The van der Waals surface area contributed by atoms with E-state index in [-0.39, 0.29) is 11.4 Å². The molecule has 0 aliphatic rings. The molecule has 0 amide bonds. The Hall–Kier alpha value is -1.39. The van der Waals surface area contributed by atoms with Crippen LogP contribution in [0.4, 0.5) is 4.39 Å². The van der Waals surface area contributed by atoms with Gasteiger partial charge in [0.25, 0.3) is 0 Å². The van der Waals surface area contributed by atoms with E-state index >= 15 is 0 Å². The molecule has 5 heteroatoms. The Kier molecular flexibility index (Phi) is 4.22. The third-order valence-corrected chi connectivity index (χ3v) is 3.44.